The number of benzene rings is 1. The lowest BCUT2D eigenvalue weighted by atomic mass is 10.1. The summed E-state index contributed by atoms with van der Waals surface area (Å²) in [5.74, 6) is 1.37. The molecule has 0 bridgehead atoms. The number of nitrogens with one attached hydrogen (secondary N) is 2. The van der Waals surface area contributed by atoms with E-state index in [2.05, 4.69) is 83.1 Å². The lowest BCUT2D eigenvalue weighted by Gasteiger charge is -2.32. The van der Waals surface area contributed by atoms with Crippen molar-refractivity contribution in [1.82, 2.24) is 20.4 Å². The van der Waals surface area contributed by atoms with Gasteiger partial charge in [0, 0.05) is 56.6 Å². The molecule has 0 aliphatic carbocycles. The fourth-order valence-corrected chi connectivity index (χ4v) is 4.24. The molecule has 2 N–H and O–H groups in total. The van der Waals surface area contributed by atoms with Crippen molar-refractivity contribution in [2.75, 3.05) is 46.3 Å². The molecular weight excluding hydrogens is 505 g/mol. The summed E-state index contributed by atoms with van der Waals surface area (Å²) in [7, 11) is 2.20. The van der Waals surface area contributed by atoms with Crippen LogP contribution in [-0.4, -0.2) is 62.1 Å². The number of nitrogens with zero attached hydrogens (tertiary/aromatic N) is 3. The molecular formula is C23H36IN5S. The SMILES string of the molecule is CCNC(=NCc1ccc(CN2CCN(C)CC2)cc1)NCC(C)c1cccs1.I. The predicted octanol–water partition coefficient (Wildman–Crippen LogP) is 3.97. The van der Waals surface area contributed by atoms with Crippen LogP contribution in [0, 0.1) is 0 Å². The molecule has 1 saturated heterocycles. The summed E-state index contributed by atoms with van der Waals surface area (Å²) < 4.78 is 0. The first kappa shape index (κ1) is 25.1. The third kappa shape index (κ3) is 8.17. The number of guanidine groups is 1. The van der Waals surface area contributed by atoms with Crippen LogP contribution in [0.2, 0.25) is 0 Å². The van der Waals surface area contributed by atoms with Crippen LogP contribution in [0.1, 0.15) is 35.8 Å². The number of halogens is 1. The highest BCUT2D eigenvalue weighted by atomic mass is 127. The number of thiophene rings is 1. The number of hydrogen-bond donors (Lipinski definition) is 2. The molecule has 1 aliphatic heterocycles. The zero-order chi connectivity index (χ0) is 20.5. The predicted molar refractivity (Wildman–Crippen MR) is 140 cm³/mol. The van der Waals surface area contributed by atoms with Crippen LogP contribution in [0.4, 0.5) is 0 Å². The van der Waals surface area contributed by atoms with Crippen molar-refractivity contribution in [3.8, 4) is 0 Å². The van der Waals surface area contributed by atoms with Crippen molar-refractivity contribution in [1.29, 1.82) is 0 Å². The number of hydrogen-bond acceptors (Lipinski definition) is 4. The maximum absolute atomic E-state index is 4.77. The second-order valence-electron chi connectivity index (χ2n) is 7.89. The standard InChI is InChI=1S/C23H35N5S.HI/c1-4-24-23(25-16-19(2)22-6-5-15-29-22)26-17-20-7-9-21(10-8-20)18-28-13-11-27(3)12-14-28;/h5-10,15,19H,4,11-14,16-18H2,1-3H3,(H2,24,25,26);1H. The van der Waals surface area contributed by atoms with Gasteiger partial charge < -0.3 is 15.5 Å². The first-order valence-electron chi connectivity index (χ1n) is 10.7. The molecule has 0 amide bonds. The van der Waals surface area contributed by atoms with Crippen LogP contribution in [0.25, 0.3) is 0 Å². The van der Waals surface area contributed by atoms with Gasteiger partial charge in [-0.25, -0.2) is 4.99 Å². The van der Waals surface area contributed by atoms with Gasteiger partial charge in [0.05, 0.1) is 6.54 Å². The fourth-order valence-electron chi connectivity index (χ4n) is 3.45. The van der Waals surface area contributed by atoms with Crippen molar-refractivity contribution in [3.05, 3.63) is 57.8 Å². The molecule has 166 valence electrons. The van der Waals surface area contributed by atoms with E-state index >= 15 is 0 Å². The maximum atomic E-state index is 4.77. The molecule has 1 aliphatic rings. The smallest absolute Gasteiger partial charge is 0.191 e. The van der Waals surface area contributed by atoms with Gasteiger partial charge in [-0.1, -0.05) is 37.3 Å². The van der Waals surface area contributed by atoms with Gasteiger partial charge in [0.2, 0.25) is 0 Å². The summed E-state index contributed by atoms with van der Waals surface area (Å²) in [5, 5.41) is 8.97. The van der Waals surface area contributed by atoms with Gasteiger partial charge in [-0.2, -0.15) is 0 Å². The van der Waals surface area contributed by atoms with Crippen molar-refractivity contribution >= 4 is 41.3 Å². The van der Waals surface area contributed by atoms with Crippen LogP contribution in [0.3, 0.4) is 0 Å². The zero-order valence-corrected chi connectivity index (χ0v) is 21.6. The van der Waals surface area contributed by atoms with Gasteiger partial charge in [0.25, 0.3) is 0 Å². The van der Waals surface area contributed by atoms with Crippen LogP contribution >= 0.6 is 35.3 Å². The van der Waals surface area contributed by atoms with E-state index in [1.165, 1.54) is 16.0 Å². The molecule has 5 nitrogen and oxygen atoms in total. The Morgan fingerprint density at radius 1 is 1.07 bits per heavy atom. The molecule has 2 heterocycles. The van der Waals surface area contributed by atoms with E-state index in [4.69, 9.17) is 4.99 Å². The zero-order valence-electron chi connectivity index (χ0n) is 18.4. The van der Waals surface area contributed by atoms with Gasteiger partial charge in [0.1, 0.15) is 0 Å². The first-order valence-corrected chi connectivity index (χ1v) is 11.6. The highest BCUT2D eigenvalue weighted by Gasteiger charge is 2.13. The molecule has 7 heteroatoms. The van der Waals surface area contributed by atoms with Crippen molar-refractivity contribution < 1.29 is 0 Å². The molecule has 1 aromatic heterocycles. The summed E-state index contributed by atoms with van der Waals surface area (Å²) in [5.41, 5.74) is 2.63. The largest absolute Gasteiger partial charge is 0.357 e. The van der Waals surface area contributed by atoms with E-state index in [-0.39, 0.29) is 24.0 Å². The third-order valence-electron chi connectivity index (χ3n) is 5.39. The highest BCUT2D eigenvalue weighted by molar-refractivity contribution is 14.0. The molecule has 0 radical (unpaired) electrons. The molecule has 1 unspecified atom stereocenters. The quantitative estimate of drug-likeness (QED) is 0.302. The van der Waals surface area contributed by atoms with Crippen LogP contribution in [0.5, 0.6) is 0 Å². The first-order chi connectivity index (χ1) is 14.1. The summed E-state index contributed by atoms with van der Waals surface area (Å²) in [4.78, 5) is 11.1. The van der Waals surface area contributed by atoms with E-state index in [1.54, 1.807) is 0 Å². The minimum atomic E-state index is 0. The van der Waals surface area contributed by atoms with Gasteiger partial charge in [0.15, 0.2) is 5.96 Å². The Morgan fingerprint density at radius 2 is 1.77 bits per heavy atom. The molecule has 0 saturated carbocycles. The normalized spacial score (nSPS) is 16.7. The second kappa shape index (κ2) is 13.3. The number of rotatable bonds is 8. The van der Waals surface area contributed by atoms with Crippen LogP contribution in [-0.2, 0) is 13.1 Å². The lowest BCUT2D eigenvalue weighted by molar-refractivity contribution is 0.148. The number of aliphatic imine (C=N–C) groups is 1. The van der Waals surface area contributed by atoms with Gasteiger partial charge >= 0.3 is 0 Å². The Balaban J connectivity index is 0.00000320. The van der Waals surface area contributed by atoms with Crippen LogP contribution in [0.15, 0.2) is 46.8 Å². The summed E-state index contributed by atoms with van der Waals surface area (Å²) in [6.45, 7) is 12.5. The summed E-state index contributed by atoms with van der Waals surface area (Å²) in [6.07, 6.45) is 0. The van der Waals surface area contributed by atoms with Crippen molar-refractivity contribution in [3.63, 3.8) is 0 Å². The Hall–Kier alpha value is -1.16. The Morgan fingerprint density at radius 3 is 2.40 bits per heavy atom. The van der Waals surface area contributed by atoms with E-state index in [0.29, 0.717) is 12.5 Å². The molecule has 0 spiro atoms. The molecule has 1 aromatic carbocycles. The van der Waals surface area contributed by atoms with Crippen molar-refractivity contribution in [2.24, 2.45) is 4.99 Å². The Kier molecular flexibility index (Phi) is 11.1. The van der Waals surface area contributed by atoms with Gasteiger partial charge in [-0.05, 0) is 36.5 Å². The average Bonchev–Trinajstić information content (AvgIpc) is 3.28. The fraction of sp³-hybridized carbons (Fsp3) is 0.522. The van der Waals surface area contributed by atoms with Crippen LogP contribution < -0.4 is 10.6 Å². The average molecular weight is 542 g/mol. The maximum Gasteiger partial charge on any atom is 0.191 e. The number of piperazine rings is 1. The minimum absolute atomic E-state index is 0. The van der Waals surface area contributed by atoms with E-state index in [0.717, 1.165) is 51.8 Å². The van der Waals surface area contributed by atoms with Crippen molar-refractivity contribution in [2.45, 2.75) is 32.9 Å². The summed E-state index contributed by atoms with van der Waals surface area (Å²) >= 11 is 1.81. The molecule has 1 atom stereocenters. The second-order valence-corrected chi connectivity index (χ2v) is 8.87. The summed E-state index contributed by atoms with van der Waals surface area (Å²) in [6, 6.07) is 13.2. The lowest BCUT2D eigenvalue weighted by Crippen LogP contribution is -2.43. The Labute approximate surface area is 203 Å². The molecule has 1 fully saturated rings. The number of likely N-dealkylation sites (N-methyl/N-ethyl adjacent to an activating group) is 1. The Bertz CT molecular complexity index is 739. The van der Waals surface area contributed by atoms with Gasteiger partial charge in [-0.3, -0.25) is 4.90 Å². The van der Waals surface area contributed by atoms with E-state index in [9.17, 15) is 0 Å². The molecule has 30 heavy (non-hydrogen) atoms. The van der Waals surface area contributed by atoms with E-state index < -0.39 is 0 Å². The van der Waals surface area contributed by atoms with Gasteiger partial charge in [-0.15, -0.1) is 35.3 Å². The van der Waals surface area contributed by atoms with E-state index in [1.807, 2.05) is 11.3 Å². The minimum Gasteiger partial charge on any atom is -0.357 e. The highest BCUT2D eigenvalue weighted by Crippen LogP contribution is 2.19. The third-order valence-corrected chi connectivity index (χ3v) is 6.50. The molecule has 2 aromatic rings. The monoisotopic (exact) mass is 541 g/mol. The molecule has 3 rings (SSSR count). The topological polar surface area (TPSA) is 42.9 Å².